The third-order valence-corrected chi connectivity index (χ3v) is 5.43. The highest BCUT2D eigenvalue weighted by molar-refractivity contribution is 7.98. The molecule has 0 aliphatic heterocycles. The van der Waals surface area contributed by atoms with Crippen molar-refractivity contribution >= 4 is 45.2 Å². The smallest absolute Gasteiger partial charge is 0.217 e. The topological polar surface area (TPSA) is 68.0 Å². The van der Waals surface area contributed by atoms with Crippen molar-refractivity contribution in [1.82, 2.24) is 9.36 Å². The van der Waals surface area contributed by atoms with Crippen molar-refractivity contribution in [1.29, 1.82) is 0 Å². The molecule has 130 valence electrons. The average molecular weight is 381 g/mol. The van der Waals surface area contributed by atoms with E-state index in [1.165, 1.54) is 17.1 Å². The number of hydrogen-bond donors (Lipinski definition) is 1. The van der Waals surface area contributed by atoms with E-state index in [0.717, 1.165) is 11.1 Å². The number of nitrogens with zero attached hydrogens (tertiary/aromatic N) is 2. The van der Waals surface area contributed by atoms with E-state index in [4.69, 9.17) is 4.42 Å². The normalized spacial score (nSPS) is 10.9. The molecule has 0 fully saturated rings. The molecular formula is C19H15N3O2S2. The van der Waals surface area contributed by atoms with Crippen LogP contribution >= 0.6 is 23.3 Å². The summed E-state index contributed by atoms with van der Waals surface area (Å²) in [5.41, 5.74) is 1.94. The summed E-state index contributed by atoms with van der Waals surface area (Å²) in [5, 5.41) is 5.29. The Bertz CT molecular complexity index is 994. The molecule has 0 bridgehead atoms. The molecule has 0 spiro atoms. The van der Waals surface area contributed by atoms with Crippen LogP contribution in [0.5, 0.6) is 0 Å². The summed E-state index contributed by atoms with van der Waals surface area (Å²) in [4.78, 5) is 16.7. The highest BCUT2D eigenvalue weighted by Crippen LogP contribution is 2.24. The molecule has 0 aliphatic carbocycles. The van der Waals surface area contributed by atoms with Gasteiger partial charge in [-0.05, 0) is 17.7 Å². The maximum absolute atomic E-state index is 12.3. The Morgan fingerprint density at radius 1 is 1.12 bits per heavy atom. The number of Topliss-reactive ketones (excluding diaryl/α,β-unsaturated/α-hetero) is 1. The van der Waals surface area contributed by atoms with E-state index >= 15 is 0 Å². The van der Waals surface area contributed by atoms with Gasteiger partial charge in [0.05, 0.1) is 6.54 Å². The van der Waals surface area contributed by atoms with Crippen LogP contribution in [-0.2, 0) is 5.75 Å². The minimum absolute atomic E-state index is 0.116. The van der Waals surface area contributed by atoms with Gasteiger partial charge < -0.3 is 9.73 Å². The van der Waals surface area contributed by atoms with Crippen LogP contribution in [0.3, 0.4) is 0 Å². The standard InChI is InChI=1S/C19H15N3O2S2/c23-15(17-10-14-8-4-5-9-16(14)24-17)11-20-18-21-19(22-26-18)25-12-13-6-2-1-3-7-13/h1-10H,11-12H2,(H,20,21,22). The van der Waals surface area contributed by atoms with Gasteiger partial charge in [0.2, 0.25) is 16.1 Å². The van der Waals surface area contributed by atoms with Crippen LogP contribution in [0, 0.1) is 0 Å². The van der Waals surface area contributed by atoms with Gasteiger partial charge in [-0.15, -0.1) is 0 Å². The van der Waals surface area contributed by atoms with Crippen LogP contribution in [0.25, 0.3) is 11.0 Å². The van der Waals surface area contributed by atoms with Gasteiger partial charge in [0.25, 0.3) is 0 Å². The fourth-order valence-electron chi connectivity index (χ4n) is 2.42. The van der Waals surface area contributed by atoms with Gasteiger partial charge in [-0.1, -0.05) is 60.3 Å². The fourth-order valence-corrected chi connectivity index (χ4v) is 3.92. The molecule has 7 heteroatoms. The summed E-state index contributed by atoms with van der Waals surface area (Å²) in [6.45, 7) is 0.123. The zero-order valence-corrected chi connectivity index (χ0v) is 15.3. The van der Waals surface area contributed by atoms with Crippen molar-refractivity contribution in [2.45, 2.75) is 10.9 Å². The molecule has 2 aromatic heterocycles. The van der Waals surface area contributed by atoms with E-state index in [9.17, 15) is 4.79 Å². The van der Waals surface area contributed by atoms with Gasteiger partial charge in [-0.2, -0.15) is 9.36 Å². The van der Waals surface area contributed by atoms with Gasteiger partial charge >= 0.3 is 0 Å². The molecule has 0 amide bonds. The van der Waals surface area contributed by atoms with Gasteiger partial charge in [0.15, 0.2) is 5.76 Å². The van der Waals surface area contributed by atoms with Gasteiger partial charge in [-0.3, -0.25) is 4.79 Å². The Labute approximate surface area is 158 Å². The first-order valence-electron chi connectivity index (χ1n) is 8.04. The number of thioether (sulfide) groups is 1. The Hall–Kier alpha value is -2.64. The highest BCUT2D eigenvalue weighted by atomic mass is 32.2. The van der Waals surface area contributed by atoms with Crippen LogP contribution in [0.15, 0.2) is 70.2 Å². The molecule has 26 heavy (non-hydrogen) atoms. The Morgan fingerprint density at radius 3 is 2.77 bits per heavy atom. The van der Waals surface area contributed by atoms with Crippen molar-refractivity contribution in [2.24, 2.45) is 0 Å². The van der Waals surface area contributed by atoms with Crippen LogP contribution in [0.4, 0.5) is 5.13 Å². The fraction of sp³-hybridized carbons (Fsp3) is 0.105. The number of fused-ring (bicyclic) bond motifs is 1. The highest BCUT2D eigenvalue weighted by Gasteiger charge is 2.13. The minimum atomic E-state index is -0.116. The third kappa shape index (κ3) is 3.95. The second kappa shape index (κ2) is 7.72. The van der Waals surface area contributed by atoms with Crippen molar-refractivity contribution < 1.29 is 9.21 Å². The van der Waals surface area contributed by atoms with Crippen LogP contribution < -0.4 is 5.32 Å². The first-order chi connectivity index (χ1) is 12.8. The summed E-state index contributed by atoms with van der Waals surface area (Å²) in [7, 11) is 0. The summed E-state index contributed by atoms with van der Waals surface area (Å²) in [6.07, 6.45) is 0. The SMILES string of the molecule is O=C(CNc1nc(SCc2ccccc2)ns1)c1cc2ccccc2o1. The van der Waals surface area contributed by atoms with E-state index in [1.54, 1.807) is 17.8 Å². The van der Waals surface area contributed by atoms with Crippen LogP contribution in [-0.4, -0.2) is 21.7 Å². The Morgan fingerprint density at radius 2 is 1.92 bits per heavy atom. The lowest BCUT2D eigenvalue weighted by Gasteiger charge is -1.99. The number of aromatic nitrogens is 2. The molecule has 0 atom stereocenters. The number of para-hydroxylation sites is 1. The lowest BCUT2D eigenvalue weighted by molar-refractivity contribution is 0.0982. The van der Waals surface area contributed by atoms with E-state index in [1.807, 2.05) is 42.5 Å². The van der Waals surface area contributed by atoms with E-state index in [2.05, 4.69) is 26.8 Å². The molecule has 5 nitrogen and oxygen atoms in total. The average Bonchev–Trinajstić information content (AvgIpc) is 3.32. The van der Waals surface area contributed by atoms with Crippen molar-refractivity contribution in [3.63, 3.8) is 0 Å². The molecule has 2 aromatic carbocycles. The number of carbonyl (C=O) groups is 1. The molecule has 4 rings (SSSR count). The van der Waals surface area contributed by atoms with Crippen LogP contribution in [0.2, 0.25) is 0 Å². The number of anilines is 1. The third-order valence-electron chi connectivity index (χ3n) is 3.72. The zero-order valence-electron chi connectivity index (χ0n) is 13.7. The summed E-state index contributed by atoms with van der Waals surface area (Å²) >= 11 is 2.82. The molecule has 2 heterocycles. The molecule has 4 aromatic rings. The lowest BCUT2D eigenvalue weighted by atomic mass is 10.2. The van der Waals surface area contributed by atoms with Gasteiger partial charge in [0.1, 0.15) is 5.58 Å². The van der Waals surface area contributed by atoms with E-state index in [0.29, 0.717) is 21.6 Å². The van der Waals surface area contributed by atoms with Crippen molar-refractivity contribution in [2.75, 3.05) is 11.9 Å². The van der Waals surface area contributed by atoms with Gasteiger partial charge in [-0.25, -0.2) is 0 Å². The summed E-state index contributed by atoms with van der Waals surface area (Å²) in [5.74, 6) is 1.05. The Kier molecular flexibility index (Phi) is 4.99. The molecule has 0 aliphatic rings. The second-order valence-electron chi connectivity index (χ2n) is 5.58. The van der Waals surface area contributed by atoms with E-state index < -0.39 is 0 Å². The predicted molar refractivity (Wildman–Crippen MR) is 105 cm³/mol. The quantitative estimate of drug-likeness (QED) is 0.364. The zero-order chi connectivity index (χ0) is 17.8. The number of nitrogens with one attached hydrogen (secondary N) is 1. The maximum atomic E-state index is 12.3. The number of hydrogen-bond acceptors (Lipinski definition) is 7. The van der Waals surface area contributed by atoms with Gasteiger partial charge in [0, 0.05) is 22.7 Å². The molecule has 0 saturated heterocycles. The maximum Gasteiger partial charge on any atom is 0.217 e. The second-order valence-corrected chi connectivity index (χ2v) is 7.28. The van der Waals surface area contributed by atoms with Crippen molar-refractivity contribution in [3.8, 4) is 0 Å². The molecule has 0 saturated carbocycles. The lowest BCUT2D eigenvalue weighted by Crippen LogP contribution is -2.13. The van der Waals surface area contributed by atoms with Crippen LogP contribution in [0.1, 0.15) is 16.1 Å². The molecule has 0 unspecified atom stereocenters. The minimum Gasteiger partial charge on any atom is -0.453 e. The molecule has 0 radical (unpaired) electrons. The monoisotopic (exact) mass is 381 g/mol. The number of rotatable bonds is 7. The van der Waals surface area contributed by atoms with Crippen molar-refractivity contribution in [3.05, 3.63) is 72.0 Å². The number of benzene rings is 2. The number of ketones is 1. The summed E-state index contributed by atoms with van der Waals surface area (Å²) < 4.78 is 9.90. The first kappa shape index (κ1) is 16.8. The largest absolute Gasteiger partial charge is 0.453 e. The van der Waals surface area contributed by atoms with E-state index in [-0.39, 0.29) is 12.3 Å². The number of carbonyl (C=O) groups excluding carboxylic acids is 1. The molecule has 1 N–H and O–H groups in total. The molecular weight excluding hydrogens is 366 g/mol. The summed E-state index contributed by atoms with van der Waals surface area (Å²) in [6, 6.07) is 19.5. The first-order valence-corrected chi connectivity index (χ1v) is 9.80. The Balaban J connectivity index is 1.33. The predicted octanol–water partition coefficient (Wildman–Crippen LogP) is 4.87. The number of furan rings is 1.